The highest BCUT2D eigenvalue weighted by molar-refractivity contribution is 7.80. The number of nitrogens with zero attached hydrogens (tertiary/aromatic N) is 3. The van der Waals surface area contributed by atoms with Gasteiger partial charge < -0.3 is 10.6 Å². The Balaban J connectivity index is 1.55. The van der Waals surface area contributed by atoms with E-state index in [0.29, 0.717) is 11.4 Å². The molecular formula is C18H22N4S. The Hall–Kier alpha value is -1.98. The molecule has 1 aliphatic heterocycles. The number of hydrogen-bond acceptors (Lipinski definition) is 4. The first-order valence-electron chi connectivity index (χ1n) is 7.95. The number of aromatic nitrogens is 1. The SMILES string of the molecule is NC(=S)Cc1cccc(CN2CCN(c3ccccn3)CC2)c1. The van der Waals surface area contributed by atoms with Crippen LogP contribution in [0.2, 0.25) is 0 Å². The number of hydrogen-bond donors (Lipinski definition) is 1. The second-order valence-electron chi connectivity index (χ2n) is 5.91. The molecule has 4 nitrogen and oxygen atoms in total. The number of benzene rings is 1. The van der Waals surface area contributed by atoms with Crippen molar-refractivity contribution in [3.05, 3.63) is 59.8 Å². The first-order chi connectivity index (χ1) is 11.2. The smallest absolute Gasteiger partial charge is 0.128 e. The van der Waals surface area contributed by atoms with Crippen molar-refractivity contribution in [2.75, 3.05) is 31.1 Å². The van der Waals surface area contributed by atoms with Crippen LogP contribution in [0.1, 0.15) is 11.1 Å². The standard InChI is InChI=1S/C18H22N4S/c19-17(23)13-15-4-3-5-16(12-15)14-21-8-10-22(11-9-21)18-6-1-2-7-20-18/h1-7,12H,8-11,13-14H2,(H2,19,23). The lowest BCUT2D eigenvalue weighted by molar-refractivity contribution is 0.249. The van der Waals surface area contributed by atoms with Gasteiger partial charge in [-0.15, -0.1) is 0 Å². The molecule has 3 rings (SSSR count). The average molecular weight is 326 g/mol. The summed E-state index contributed by atoms with van der Waals surface area (Å²) in [7, 11) is 0. The molecule has 23 heavy (non-hydrogen) atoms. The van der Waals surface area contributed by atoms with Crippen LogP contribution in [0.15, 0.2) is 48.7 Å². The topological polar surface area (TPSA) is 45.4 Å². The van der Waals surface area contributed by atoms with Crippen LogP contribution in [0.4, 0.5) is 5.82 Å². The highest BCUT2D eigenvalue weighted by Gasteiger charge is 2.17. The van der Waals surface area contributed by atoms with Gasteiger partial charge in [0.15, 0.2) is 0 Å². The lowest BCUT2D eigenvalue weighted by atomic mass is 10.1. The van der Waals surface area contributed by atoms with E-state index in [2.05, 4.69) is 45.1 Å². The molecule has 1 aromatic carbocycles. The van der Waals surface area contributed by atoms with Gasteiger partial charge in [-0.3, -0.25) is 4.90 Å². The summed E-state index contributed by atoms with van der Waals surface area (Å²) in [6.45, 7) is 5.11. The minimum absolute atomic E-state index is 0.547. The summed E-state index contributed by atoms with van der Waals surface area (Å²) < 4.78 is 0. The Bertz CT molecular complexity index is 651. The highest BCUT2D eigenvalue weighted by Crippen LogP contribution is 2.15. The predicted octanol–water partition coefficient (Wildman–Crippen LogP) is 2.23. The summed E-state index contributed by atoms with van der Waals surface area (Å²) >= 11 is 5.00. The third kappa shape index (κ3) is 4.50. The van der Waals surface area contributed by atoms with Crippen LogP contribution in [0.3, 0.4) is 0 Å². The van der Waals surface area contributed by atoms with Crippen LogP contribution in [-0.2, 0) is 13.0 Å². The molecule has 1 fully saturated rings. The first kappa shape index (κ1) is 15.9. The minimum atomic E-state index is 0.547. The first-order valence-corrected chi connectivity index (χ1v) is 8.36. The molecule has 5 heteroatoms. The maximum Gasteiger partial charge on any atom is 0.128 e. The summed E-state index contributed by atoms with van der Waals surface area (Å²) in [6.07, 6.45) is 2.53. The Kier molecular flexibility index (Phi) is 5.20. The quantitative estimate of drug-likeness (QED) is 0.854. The van der Waals surface area contributed by atoms with Gasteiger partial charge in [0.25, 0.3) is 0 Å². The molecule has 2 N–H and O–H groups in total. The summed E-state index contributed by atoms with van der Waals surface area (Å²) in [5, 5.41) is 0. The zero-order valence-corrected chi connectivity index (χ0v) is 14.0. The predicted molar refractivity (Wildman–Crippen MR) is 98.7 cm³/mol. The van der Waals surface area contributed by atoms with Crippen LogP contribution in [-0.4, -0.2) is 41.1 Å². The Labute approximate surface area is 142 Å². The van der Waals surface area contributed by atoms with Crippen molar-refractivity contribution in [3.63, 3.8) is 0 Å². The summed E-state index contributed by atoms with van der Waals surface area (Å²) in [5.41, 5.74) is 8.16. The van der Waals surface area contributed by atoms with Gasteiger partial charge in [0, 0.05) is 45.3 Å². The molecule has 2 aromatic rings. The Morgan fingerprint density at radius 1 is 1.04 bits per heavy atom. The maximum atomic E-state index is 5.64. The van der Waals surface area contributed by atoms with Crippen LogP contribution >= 0.6 is 12.2 Å². The van der Waals surface area contributed by atoms with E-state index in [1.807, 2.05) is 18.3 Å². The van der Waals surface area contributed by atoms with Crippen LogP contribution in [0, 0.1) is 0 Å². The van der Waals surface area contributed by atoms with Crippen LogP contribution in [0.5, 0.6) is 0 Å². The van der Waals surface area contributed by atoms with Crippen molar-refractivity contribution in [1.29, 1.82) is 0 Å². The third-order valence-electron chi connectivity index (χ3n) is 4.12. The fourth-order valence-corrected chi connectivity index (χ4v) is 3.14. The number of pyridine rings is 1. The van der Waals surface area contributed by atoms with Crippen molar-refractivity contribution in [1.82, 2.24) is 9.88 Å². The van der Waals surface area contributed by atoms with Gasteiger partial charge in [-0.05, 0) is 23.3 Å². The summed E-state index contributed by atoms with van der Waals surface area (Å²) in [6, 6.07) is 14.6. The number of nitrogens with two attached hydrogens (primary N) is 1. The molecule has 1 saturated heterocycles. The van der Waals surface area contributed by atoms with E-state index in [-0.39, 0.29) is 0 Å². The van der Waals surface area contributed by atoms with E-state index < -0.39 is 0 Å². The molecule has 0 atom stereocenters. The van der Waals surface area contributed by atoms with Gasteiger partial charge in [-0.1, -0.05) is 42.5 Å². The van der Waals surface area contributed by atoms with E-state index in [1.54, 1.807) is 0 Å². The van der Waals surface area contributed by atoms with Gasteiger partial charge in [0.1, 0.15) is 5.82 Å². The molecule has 0 amide bonds. The Morgan fingerprint density at radius 2 is 1.83 bits per heavy atom. The molecule has 1 aromatic heterocycles. The second kappa shape index (κ2) is 7.53. The normalized spacial score (nSPS) is 15.6. The fourth-order valence-electron chi connectivity index (χ4n) is 2.97. The third-order valence-corrected chi connectivity index (χ3v) is 4.27. The van der Waals surface area contributed by atoms with Gasteiger partial charge >= 0.3 is 0 Å². The molecule has 0 aliphatic carbocycles. The Morgan fingerprint density at radius 3 is 2.52 bits per heavy atom. The number of thiocarbonyl (C=S) groups is 1. The van der Waals surface area contributed by atoms with E-state index in [4.69, 9.17) is 18.0 Å². The van der Waals surface area contributed by atoms with Crippen molar-refractivity contribution in [3.8, 4) is 0 Å². The zero-order chi connectivity index (χ0) is 16.1. The van der Waals surface area contributed by atoms with Crippen LogP contribution < -0.4 is 10.6 Å². The van der Waals surface area contributed by atoms with Crippen molar-refractivity contribution >= 4 is 23.0 Å². The molecule has 120 valence electrons. The van der Waals surface area contributed by atoms with Crippen molar-refractivity contribution in [2.45, 2.75) is 13.0 Å². The minimum Gasteiger partial charge on any atom is -0.393 e. The summed E-state index contributed by atoms with van der Waals surface area (Å²) in [4.78, 5) is 9.81. The average Bonchev–Trinajstić information content (AvgIpc) is 2.56. The van der Waals surface area contributed by atoms with E-state index in [9.17, 15) is 0 Å². The number of piperazine rings is 1. The van der Waals surface area contributed by atoms with Gasteiger partial charge in [-0.25, -0.2) is 4.98 Å². The lowest BCUT2D eigenvalue weighted by Crippen LogP contribution is -2.46. The van der Waals surface area contributed by atoms with Crippen molar-refractivity contribution < 1.29 is 0 Å². The van der Waals surface area contributed by atoms with Gasteiger partial charge in [0.05, 0.1) is 4.99 Å². The molecule has 0 saturated carbocycles. The lowest BCUT2D eigenvalue weighted by Gasteiger charge is -2.35. The number of anilines is 1. The fraction of sp³-hybridized carbons (Fsp3) is 0.333. The zero-order valence-electron chi connectivity index (χ0n) is 13.2. The molecule has 1 aliphatic rings. The molecule has 0 bridgehead atoms. The van der Waals surface area contributed by atoms with E-state index in [0.717, 1.165) is 38.5 Å². The molecule has 2 heterocycles. The molecular weight excluding hydrogens is 304 g/mol. The summed E-state index contributed by atoms with van der Waals surface area (Å²) in [5.74, 6) is 1.07. The van der Waals surface area contributed by atoms with Gasteiger partial charge in [-0.2, -0.15) is 0 Å². The van der Waals surface area contributed by atoms with Crippen LogP contribution in [0.25, 0.3) is 0 Å². The molecule has 0 unspecified atom stereocenters. The molecule has 0 spiro atoms. The maximum absolute atomic E-state index is 5.64. The number of rotatable bonds is 5. The van der Waals surface area contributed by atoms with Gasteiger partial charge in [0.2, 0.25) is 0 Å². The largest absolute Gasteiger partial charge is 0.393 e. The second-order valence-corrected chi connectivity index (χ2v) is 6.44. The highest BCUT2D eigenvalue weighted by atomic mass is 32.1. The molecule has 0 radical (unpaired) electrons. The van der Waals surface area contributed by atoms with E-state index >= 15 is 0 Å². The monoisotopic (exact) mass is 326 g/mol. The van der Waals surface area contributed by atoms with Crippen molar-refractivity contribution in [2.24, 2.45) is 5.73 Å². The van der Waals surface area contributed by atoms with E-state index in [1.165, 1.54) is 11.1 Å².